The molecule has 2 aromatic rings. The number of likely N-dealkylation sites (N-methyl/N-ethyl adjacent to an activating group) is 1. The number of allylic oxidation sites excluding steroid dienone is 1. The van der Waals surface area contributed by atoms with Gasteiger partial charge in [-0.25, -0.2) is 0 Å². The van der Waals surface area contributed by atoms with Gasteiger partial charge in [0.2, 0.25) is 5.78 Å². The Labute approximate surface area is 249 Å². The van der Waals surface area contributed by atoms with Gasteiger partial charge in [-0.15, -0.1) is 0 Å². The minimum absolute atomic E-state index is 0.0129. The second-order valence-corrected chi connectivity index (χ2v) is 11.7. The number of phenolic OH excluding ortho intramolecular Hbond substituents is 1. The van der Waals surface area contributed by atoms with Gasteiger partial charge in [-0.1, -0.05) is 19.1 Å². The average molecular weight is 592 g/mol. The van der Waals surface area contributed by atoms with Gasteiger partial charge in [0.05, 0.1) is 18.7 Å². The summed E-state index contributed by atoms with van der Waals surface area (Å²) in [6.07, 6.45) is 1.17. The summed E-state index contributed by atoms with van der Waals surface area (Å²) in [5.74, 6) is -6.26. The topological polar surface area (TPSA) is 183 Å². The second kappa shape index (κ2) is 11.1. The number of hydrogen-bond donors (Lipinski definition) is 6. The third kappa shape index (κ3) is 4.59. The minimum Gasteiger partial charge on any atom is -0.510 e. The first-order chi connectivity index (χ1) is 20.4. The summed E-state index contributed by atoms with van der Waals surface area (Å²) in [6, 6.07) is 7.83. The molecule has 4 unspecified atom stereocenters. The van der Waals surface area contributed by atoms with Gasteiger partial charge in [0, 0.05) is 23.6 Å². The number of nitrogens with two attached hydrogens (primary N) is 1. The summed E-state index contributed by atoms with van der Waals surface area (Å²) in [7, 11) is 4.74. The SMILES string of the molecule is CCCNCc1ccc(OC)c(-c2ccc(O)c3c2CC2CC4C(N(C)C)C(O)=C(C(N)=O)C(=O)C4(O)C(O)=C2C3=O)c1. The molecule has 3 aliphatic carbocycles. The quantitative estimate of drug-likeness (QED) is 0.197. The van der Waals surface area contributed by atoms with Crippen molar-refractivity contribution in [2.45, 2.75) is 44.4 Å². The summed E-state index contributed by atoms with van der Waals surface area (Å²) in [4.78, 5) is 41.3. The van der Waals surface area contributed by atoms with Crippen LogP contribution in [0.5, 0.6) is 11.5 Å². The zero-order valence-corrected chi connectivity index (χ0v) is 24.6. The molecular formula is C32H37N3O8. The zero-order chi connectivity index (χ0) is 31.4. The maximum Gasteiger partial charge on any atom is 0.255 e. The van der Waals surface area contributed by atoms with Crippen LogP contribution >= 0.6 is 0 Å². The molecule has 0 fully saturated rings. The van der Waals surface area contributed by atoms with Crippen molar-refractivity contribution in [2.75, 3.05) is 27.7 Å². The number of phenols is 1. The molecule has 3 aliphatic rings. The standard InChI is InChI=1S/C32H37N3O8/c1-5-10-34-14-15-6-9-22(43-4)18(11-15)17-7-8-21(36)24-19(17)12-16-13-20-26(35(2)3)28(38)25(31(33)41)30(40)32(20,42)29(39)23(16)27(24)37/h6-9,11,16,20,26,34,36,38-39,42H,5,10,12-14H2,1-4H3,(H2,33,41). The number of Topliss-reactive ketones (excluding diaryl/α,β-unsaturated/α-hetero) is 2. The lowest BCUT2D eigenvalue weighted by Crippen LogP contribution is -2.63. The van der Waals surface area contributed by atoms with Crippen LogP contribution < -0.4 is 15.8 Å². The van der Waals surface area contributed by atoms with Gasteiger partial charge >= 0.3 is 0 Å². The van der Waals surface area contributed by atoms with E-state index in [9.17, 15) is 34.8 Å². The number of hydrogen-bond acceptors (Lipinski definition) is 10. The number of ether oxygens (including phenoxy) is 1. The number of nitrogens with zero attached hydrogens (tertiary/aromatic N) is 1. The average Bonchev–Trinajstić information content (AvgIpc) is 2.95. The van der Waals surface area contributed by atoms with Crippen molar-refractivity contribution >= 4 is 17.5 Å². The van der Waals surface area contributed by atoms with Crippen LogP contribution in [-0.4, -0.2) is 82.2 Å². The molecule has 0 aromatic heterocycles. The van der Waals surface area contributed by atoms with Crippen LogP contribution in [-0.2, 0) is 22.6 Å². The molecule has 1 amide bonds. The Morgan fingerprint density at radius 1 is 1.14 bits per heavy atom. The molecule has 11 nitrogen and oxygen atoms in total. The van der Waals surface area contributed by atoms with Crippen molar-refractivity contribution in [3.05, 3.63) is 69.7 Å². The van der Waals surface area contributed by atoms with Crippen LogP contribution in [0, 0.1) is 11.8 Å². The van der Waals surface area contributed by atoms with E-state index in [1.807, 2.05) is 18.2 Å². The Kier molecular flexibility index (Phi) is 7.84. The number of rotatable bonds is 8. The first-order valence-corrected chi connectivity index (χ1v) is 14.3. The number of nitrogens with one attached hydrogen (secondary N) is 1. The van der Waals surface area contributed by atoms with Crippen LogP contribution in [0.4, 0.5) is 0 Å². The molecule has 2 aromatic carbocycles. The number of aromatic hydroxyl groups is 1. The fraction of sp³-hybridized carbons (Fsp3) is 0.406. The van der Waals surface area contributed by atoms with Gasteiger partial charge in [-0.3, -0.25) is 19.3 Å². The highest BCUT2D eigenvalue weighted by Crippen LogP contribution is 2.53. The predicted octanol–water partition coefficient (Wildman–Crippen LogP) is 2.30. The second-order valence-electron chi connectivity index (χ2n) is 11.7. The molecule has 0 bridgehead atoms. The Morgan fingerprint density at radius 3 is 2.49 bits per heavy atom. The fourth-order valence-corrected chi connectivity index (χ4v) is 6.99. The molecule has 4 atom stereocenters. The molecule has 7 N–H and O–H groups in total. The van der Waals surface area contributed by atoms with E-state index in [4.69, 9.17) is 10.5 Å². The number of primary amides is 1. The molecule has 0 heterocycles. The number of aliphatic hydroxyl groups is 3. The van der Waals surface area contributed by atoms with Crippen LogP contribution in [0.2, 0.25) is 0 Å². The number of methoxy groups -OCH3 is 1. The Bertz CT molecular complexity index is 1590. The first-order valence-electron chi connectivity index (χ1n) is 14.3. The lowest BCUT2D eigenvalue weighted by atomic mass is 9.58. The predicted molar refractivity (Wildman–Crippen MR) is 158 cm³/mol. The molecule has 0 saturated carbocycles. The van der Waals surface area contributed by atoms with Gasteiger partial charge in [-0.2, -0.15) is 0 Å². The maximum absolute atomic E-state index is 14.1. The summed E-state index contributed by atoms with van der Waals surface area (Å²) in [5.41, 5.74) is 4.56. The van der Waals surface area contributed by atoms with Crippen molar-refractivity contribution < 1.29 is 39.5 Å². The van der Waals surface area contributed by atoms with E-state index >= 15 is 0 Å². The van der Waals surface area contributed by atoms with Crippen molar-refractivity contribution in [3.63, 3.8) is 0 Å². The van der Waals surface area contributed by atoms with Crippen molar-refractivity contribution in [2.24, 2.45) is 17.6 Å². The van der Waals surface area contributed by atoms with E-state index in [0.717, 1.165) is 24.1 Å². The van der Waals surface area contributed by atoms with E-state index in [1.165, 1.54) is 11.0 Å². The number of carbonyl (C=O) groups excluding carboxylic acids is 3. The Hall–Kier alpha value is -4.19. The largest absolute Gasteiger partial charge is 0.510 e. The molecule has 11 heteroatoms. The number of carbonyl (C=O) groups is 3. The van der Waals surface area contributed by atoms with Crippen LogP contribution in [0.15, 0.2) is 53.0 Å². The van der Waals surface area contributed by atoms with Gasteiger partial charge < -0.3 is 36.2 Å². The Morgan fingerprint density at radius 2 is 1.86 bits per heavy atom. The molecular weight excluding hydrogens is 554 g/mol. The van der Waals surface area contributed by atoms with E-state index in [1.54, 1.807) is 27.3 Å². The van der Waals surface area contributed by atoms with Gasteiger partial charge in [0.15, 0.2) is 11.4 Å². The smallest absolute Gasteiger partial charge is 0.255 e. The van der Waals surface area contributed by atoms with Crippen molar-refractivity contribution in [3.8, 4) is 22.6 Å². The zero-order valence-electron chi connectivity index (χ0n) is 24.6. The van der Waals surface area contributed by atoms with Crippen LogP contribution in [0.1, 0.15) is 41.3 Å². The monoisotopic (exact) mass is 591 g/mol. The molecule has 228 valence electrons. The highest BCUT2D eigenvalue weighted by Gasteiger charge is 2.63. The molecule has 0 spiro atoms. The molecule has 0 radical (unpaired) electrons. The summed E-state index contributed by atoms with van der Waals surface area (Å²) in [5, 5.41) is 48.6. The maximum atomic E-state index is 14.1. The molecule has 43 heavy (non-hydrogen) atoms. The number of aliphatic hydroxyl groups excluding tert-OH is 2. The third-order valence-electron chi connectivity index (χ3n) is 8.92. The summed E-state index contributed by atoms with van der Waals surface area (Å²) in [6.45, 7) is 3.55. The van der Waals surface area contributed by atoms with E-state index in [-0.39, 0.29) is 29.7 Å². The van der Waals surface area contributed by atoms with E-state index in [2.05, 4.69) is 12.2 Å². The normalized spacial score (nSPS) is 25.0. The number of benzene rings is 2. The fourth-order valence-electron chi connectivity index (χ4n) is 6.99. The lowest BCUT2D eigenvalue weighted by Gasteiger charge is -2.50. The summed E-state index contributed by atoms with van der Waals surface area (Å²) < 4.78 is 5.67. The molecule has 5 rings (SSSR count). The van der Waals surface area contributed by atoms with Crippen LogP contribution in [0.25, 0.3) is 11.1 Å². The number of fused-ring (bicyclic) bond motifs is 3. The highest BCUT2D eigenvalue weighted by atomic mass is 16.5. The number of amides is 1. The summed E-state index contributed by atoms with van der Waals surface area (Å²) >= 11 is 0. The van der Waals surface area contributed by atoms with Crippen LogP contribution in [0.3, 0.4) is 0 Å². The van der Waals surface area contributed by atoms with E-state index < -0.39 is 58.0 Å². The van der Waals surface area contributed by atoms with Crippen molar-refractivity contribution in [1.29, 1.82) is 0 Å². The third-order valence-corrected chi connectivity index (χ3v) is 8.92. The minimum atomic E-state index is -2.68. The number of ketones is 2. The van der Waals surface area contributed by atoms with Gasteiger partial charge in [0.25, 0.3) is 5.91 Å². The van der Waals surface area contributed by atoms with Crippen molar-refractivity contribution in [1.82, 2.24) is 10.2 Å². The molecule has 0 aliphatic heterocycles. The highest BCUT2D eigenvalue weighted by molar-refractivity contribution is 6.25. The Balaban J connectivity index is 1.68. The van der Waals surface area contributed by atoms with E-state index in [0.29, 0.717) is 23.4 Å². The van der Waals surface area contributed by atoms with Gasteiger partial charge in [-0.05, 0) is 80.7 Å². The molecule has 0 saturated heterocycles. The van der Waals surface area contributed by atoms with Gasteiger partial charge in [0.1, 0.15) is 28.6 Å². The lowest BCUT2D eigenvalue weighted by molar-refractivity contribution is -0.148. The first kappa shape index (κ1) is 30.3.